The molecule has 72 valence electrons. The van der Waals surface area contributed by atoms with Crippen molar-refractivity contribution in [2.75, 3.05) is 5.73 Å². The SMILES string of the molecule is Nc1nc2cc(CC(=O)O)ccc2[nH]1. The molecule has 1 aromatic carbocycles. The minimum Gasteiger partial charge on any atom is -0.481 e. The highest BCUT2D eigenvalue weighted by Crippen LogP contribution is 2.14. The van der Waals surface area contributed by atoms with E-state index in [1.54, 1.807) is 18.2 Å². The standard InChI is InChI=1S/C9H9N3O2/c10-9-11-6-2-1-5(4-8(13)14)3-7(6)12-9/h1-3H,4H2,(H,13,14)(H3,10,11,12). The highest BCUT2D eigenvalue weighted by atomic mass is 16.4. The van der Waals surface area contributed by atoms with Crippen molar-refractivity contribution in [3.63, 3.8) is 0 Å². The molecule has 1 heterocycles. The van der Waals surface area contributed by atoms with Crippen LogP contribution < -0.4 is 5.73 Å². The molecule has 0 radical (unpaired) electrons. The molecule has 0 fully saturated rings. The molecule has 0 spiro atoms. The molecule has 0 saturated heterocycles. The maximum Gasteiger partial charge on any atom is 0.307 e. The van der Waals surface area contributed by atoms with E-state index in [0.717, 1.165) is 11.1 Å². The Labute approximate surface area is 79.6 Å². The molecule has 0 bridgehead atoms. The Morgan fingerprint density at radius 2 is 2.36 bits per heavy atom. The van der Waals surface area contributed by atoms with Crippen molar-refractivity contribution in [2.45, 2.75) is 6.42 Å². The molecular weight excluding hydrogens is 182 g/mol. The van der Waals surface area contributed by atoms with Gasteiger partial charge in [-0.15, -0.1) is 0 Å². The number of nitrogens with one attached hydrogen (secondary N) is 1. The second-order valence-electron chi connectivity index (χ2n) is 3.04. The summed E-state index contributed by atoms with van der Waals surface area (Å²) < 4.78 is 0. The number of aliphatic carboxylic acids is 1. The number of nitrogens with zero attached hydrogens (tertiary/aromatic N) is 1. The summed E-state index contributed by atoms with van der Waals surface area (Å²) in [5, 5.41) is 8.59. The fourth-order valence-corrected chi connectivity index (χ4v) is 1.36. The number of nitrogens with two attached hydrogens (primary N) is 1. The van der Waals surface area contributed by atoms with Gasteiger partial charge in [0.25, 0.3) is 0 Å². The summed E-state index contributed by atoms with van der Waals surface area (Å²) in [4.78, 5) is 17.3. The largest absolute Gasteiger partial charge is 0.481 e. The number of aromatic nitrogens is 2. The van der Waals surface area contributed by atoms with Crippen LogP contribution in [0.5, 0.6) is 0 Å². The van der Waals surface area contributed by atoms with Gasteiger partial charge in [-0.1, -0.05) is 6.07 Å². The second-order valence-corrected chi connectivity index (χ2v) is 3.04. The zero-order chi connectivity index (χ0) is 10.1. The van der Waals surface area contributed by atoms with Crippen LogP contribution in [-0.2, 0) is 11.2 Å². The number of rotatable bonds is 2. The molecule has 0 aliphatic rings. The predicted octanol–water partition coefficient (Wildman–Crippen LogP) is 0.772. The highest BCUT2D eigenvalue weighted by Gasteiger charge is 2.04. The molecule has 5 heteroatoms. The minimum atomic E-state index is -0.854. The molecule has 14 heavy (non-hydrogen) atoms. The number of carboxylic acids is 1. The summed E-state index contributed by atoms with van der Waals surface area (Å²) in [5.41, 5.74) is 7.69. The van der Waals surface area contributed by atoms with E-state index in [2.05, 4.69) is 9.97 Å². The Bertz CT molecular complexity index is 490. The molecule has 0 aliphatic carbocycles. The van der Waals surface area contributed by atoms with Crippen LogP contribution in [0.25, 0.3) is 11.0 Å². The second kappa shape index (κ2) is 3.02. The molecular formula is C9H9N3O2. The molecule has 4 N–H and O–H groups in total. The smallest absolute Gasteiger partial charge is 0.307 e. The van der Waals surface area contributed by atoms with Gasteiger partial charge in [0.1, 0.15) is 0 Å². The number of imidazole rings is 1. The first-order valence-electron chi connectivity index (χ1n) is 4.11. The lowest BCUT2D eigenvalue weighted by Crippen LogP contribution is -1.99. The normalized spacial score (nSPS) is 10.6. The van der Waals surface area contributed by atoms with Crippen molar-refractivity contribution in [3.8, 4) is 0 Å². The lowest BCUT2D eigenvalue weighted by Gasteiger charge is -1.95. The number of carboxylic acid groups (broad SMARTS) is 1. The van der Waals surface area contributed by atoms with E-state index >= 15 is 0 Å². The molecule has 5 nitrogen and oxygen atoms in total. The number of hydrogen-bond acceptors (Lipinski definition) is 3. The predicted molar refractivity (Wildman–Crippen MR) is 51.8 cm³/mol. The van der Waals surface area contributed by atoms with Crippen LogP contribution in [-0.4, -0.2) is 21.0 Å². The Morgan fingerprint density at radius 1 is 1.57 bits per heavy atom. The maximum absolute atomic E-state index is 10.5. The number of nitrogen functional groups attached to an aromatic ring is 1. The van der Waals surface area contributed by atoms with Gasteiger partial charge in [-0.05, 0) is 17.7 Å². The zero-order valence-electron chi connectivity index (χ0n) is 7.32. The quantitative estimate of drug-likeness (QED) is 0.653. The Morgan fingerprint density at radius 3 is 3.07 bits per heavy atom. The van der Waals surface area contributed by atoms with Crippen LogP contribution in [0.4, 0.5) is 5.95 Å². The van der Waals surface area contributed by atoms with Gasteiger partial charge in [-0.2, -0.15) is 0 Å². The van der Waals surface area contributed by atoms with Crippen LogP contribution in [0.2, 0.25) is 0 Å². The first-order chi connectivity index (χ1) is 6.65. The van der Waals surface area contributed by atoms with E-state index in [1.165, 1.54) is 0 Å². The fourth-order valence-electron chi connectivity index (χ4n) is 1.36. The van der Waals surface area contributed by atoms with Gasteiger partial charge in [-0.25, -0.2) is 4.98 Å². The van der Waals surface area contributed by atoms with Gasteiger partial charge >= 0.3 is 5.97 Å². The molecule has 1 aromatic heterocycles. The van der Waals surface area contributed by atoms with Crippen LogP contribution >= 0.6 is 0 Å². The number of fused-ring (bicyclic) bond motifs is 1. The third kappa shape index (κ3) is 1.52. The average Bonchev–Trinajstić information content (AvgIpc) is 2.42. The van der Waals surface area contributed by atoms with Gasteiger partial charge in [0.15, 0.2) is 5.95 Å². The van der Waals surface area contributed by atoms with Gasteiger partial charge in [0, 0.05) is 0 Å². The van der Waals surface area contributed by atoms with Gasteiger partial charge in [0.05, 0.1) is 17.5 Å². The van der Waals surface area contributed by atoms with E-state index in [1.807, 2.05) is 0 Å². The van der Waals surface area contributed by atoms with Crippen molar-refractivity contribution in [2.24, 2.45) is 0 Å². The van der Waals surface area contributed by atoms with Crippen molar-refractivity contribution >= 4 is 23.0 Å². The van der Waals surface area contributed by atoms with Crippen LogP contribution in [0.1, 0.15) is 5.56 Å². The fraction of sp³-hybridized carbons (Fsp3) is 0.111. The van der Waals surface area contributed by atoms with E-state index in [4.69, 9.17) is 10.8 Å². The lowest BCUT2D eigenvalue weighted by molar-refractivity contribution is -0.136. The summed E-state index contributed by atoms with van der Waals surface area (Å²) in [6.45, 7) is 0. The number of H-pyrrole nitrogens is 1. The number of benzene rings is 1. The summed E-state index contributed by atoms with van der Waals surface area (Å²) >= 11 is 0. The Hall–Kier alpha value is -2.04. The summed E-state index contributed by atoms with van der Waals surface area (Å²) in [5.74, 6) is -0.514. The summed E-state index contributed by atoms with van der Waals surface area (Å²) in [6, 6.07) is 5.24. The van der Waals surface area contributed by atoms with E-state index in [0.29, 0.717) is 11.5 Å². The minimum absolute atomic E-state index is 0.00268. The Kier molecular flexibility index (Phi) is 1.85. The molecule has 0 saturated carbocycles. The lowest BCUT2D eigenvalue weighted by atomic mass is 10.1. The van der Waals surface area contributed by atoms with Crippen molar-refractivity contribution in [1.29, 1.82) is 0 Å². The topological polar surface area (TPSA) is 92.0 Å². The number of hydrogen-bond donors (Lipinski definition) is 3. The maximum atomic E-state index is 10.5. The molecule has 0 unspecified atom stereocenters. The van der Waals surface area contributed by atoms with Gasteiger partial charge in [-0.3, -0.25) is 4.79 Å². The first-order valence-corrected chi connectivity index (χ1v) is 4.11. The Balaban J connectivity index is 2.45. The third-order valence-electron chi connectivity index (χ3n) is 1.92. The molecule has 0 atom stereocenters. The first kappa shape index (κ1) is 8.55. The highest BCUT2D eigenvalue weighted by molar-refractivity contribution is 5.79. The van der Waals surface area contributed by atoms with Crippen LogP contribution in [0.3, 0.4) is 0 Å². The van der Waals surface area contributed by atoms with Gasteiger partial charge in [0.2, 0.25) is 0 Å². The van der Waals surface area contributed by atoms with Crippen molar-refractivity contribution < 1.29 is 9.90 Å². The van der Waals surface area contributed by atoms with E-state index < -0.39 is 5.97 Å². The third-order valence-corrected chi connectivity index (χ3v) is 1.92. The number of anilines is 1. The summed E-state index contributed by atoms with van der Waals surface area (Å²) in [7, 11) is 0. The molecule has 0 amide bonds. The van der Waals surface area contributed by atoms with Crippen LogP contribution in [0.15, 0.2) is 18.2 Å². The monoisotopic (exact) mass is 191 g/mol. The zero-order valence-corrected chi connectivity index (χ0v) is 7.32. The van der Waals surface area contributed by atoms with Crippen molar-refractivity contribution in [3.05, 3.63) is 23.8 Å². The van der Waals surface area contributed by atoms with Crippen molar-refractivity contribution in [1.82, 2.24) is 9.97 Å². The summed E-state index contributed by atoms with van der Waals surface area (Å²) in [6.07, 6.45) is 0.00268. The molecule has 2 rings (SSSR count). The average molecular weight is 191 g/mol. The molecule has 0 aliphatic heterocycles. The van der Waals surface area contributed by atoms with Crippen LogP contribution in [0, 0.1) is 0 Å². The van der Waals surface area contributed by atoms with Gasteiger partial charge < -0.3 is 15.8 Å². The number of carbonyl (C=O) groups is 1. The number of aromatic amines is 1. The van der Waals surface area contributed by atoms with E-state index in [-0.39, 0.29) is 6.42 Å². The van der Waals surface area contributed by atoms with E-state index in [9.17, 15) is 4.79 Å². The molecule has 2 aromatic rings.